The van der Waals surface area contributed by atoms with Crippen LogP contribution < -0.4 is 10.1 Å². The summed E-state index contributed by atoms with van der Waals surface area (Å²) in [5, 5.41) is 3.27. The Balaban J connectivity index is 2.30. The van der Waals surface area contributed by atoms with Crippen molar-refractivity contribution >= 4 is 0 Å². The lowest BCUT2D eigenvalue weighted by Crippen LogP contribution is -2.31. The Morgan fingerprint density at radius 3 is 2.70 bits per heavy atom. The molecular weight excluding hydrogens is 267 g/mol. The average Bonchev–Trinajstić information content (AvgIpc) is 2.38. The number of hydrogen-bond acceptors (Lipinski definition) is 2. The molecule has 1 heterocycles. The molecule has 2 nitrogen and oxygen atoms in total. The Kier molecular flexibility index (Phi) is 4.58. The first-order valence-corrected chi connectivity index (χ1v) is 6.87. The van der Waals surface area contributed by atoms with E-state index in [1.54, 1.807) is 0 Å². The van der Waals surface area contributed by atoms with Crippen LogP contribution in [0.4, 0.5) is 13.2 Å². The van der Waals surface area contributed by atoms with Crippen LogP contribution in [0.5, 0.6) is 5.75 Å². The molecule has 20 heavy (non-hydrogen) atoms. The van der Waals surface area contributed by atoms with Crippen LogP contribution in [0, 0.1) is 11.7 Å². The zero-order valence-corrected chi connectivity index (χ0v) is 11.8. The van der Waals surface area contributed by atoms with E-state index in [9.17, 15) is 13.2 Å². The van der Waals surface area contributed by atoms with Gasteiger partial charge < -0.3 is 10.1 Å². The molecule has 1 fully saturated rings. The maximum Gasteiger partial charge on any atom is 0.270 e. The minimum Gasteiger partial charge on any atom is -0.493 e. The van der Waals surface area contributed by atoms with Gasteiger partial charge in [0, 0.05) is 12.5 Å². The fourth-order valence-corrected chi connectivity index (χ4v) is 2.69. The van der Waals surface area contributed by atoms with Gasteiger partial charge in [-0.2, -0.15) is 0 Å². The second-order valence-electron chi connectivity index (χ2n) is 5.46. The predicted molar refractivity (Wildman–Crippen MR) is 71.8 cm³/mol. The van der Waals surface area contributed by atoms with E-state index in [0.29, 0.717) is 17.9 Å². The van der Waals surface area contributed by atoms with E-state index < -0.39 is 11.7 Å². The van der Waals surface area contributed by atoms with Gasteiger partial charge in [-0.15, -0.1) is 0 Å². The molecule has 5 heteroatoms. The lowest BCUT2D eigenvalue weighted by molar-refractivity contribution is 0.0170. The number of halogens is 3. The molecule has 0 amide bonds. The second-order valence-corrected chi connectivity index (χ2v) is 5.46. The number of piperidine rings is 1. The number of ether oxygens (including phenoxy) is 1. The van der Waals surface area contributed by atoms with E-state index in [2.05, 4.69) is 5.32 Å². The van der Waals surface area contributed by atoms with Crippen LogP contribution >= 0.6 is 0 Å². The van der Waals surface area contributed by atoms with Crippen molar-refractivity contribution < 1.29 is 17.9 Å². The van der Waals surface area contributed by atoms with Gasteiger partial charge in [-0.05, 0) is 56.0 Å². The van der Waals surface area contributed by atoms with Gasteiger partial charge in [-0.25, -0.2) is 13.2 Å². The van der Waals surface area contributed by atoms with Crippen molar-refractivity contribution in [2.24, 2.45) is 5.92 Å². The third-order valence-electron chi connectivity index (χ3n) is 3.74. The Hall–Kier alpha value is -1.23. The Bertz CT molecular complexity index is 465. The van der Waals surface area contributed by atoms with Crippen LogP contribution in [-0.2, 0) is 12.3 Å². The molecule has 1 aliphatic heterocycles. The van der Waals surface area contributed by atoms with E-state index in [4.69, 9.17) is 4.74 Å². The maximum atomic E-state index is 13.9. The lowest BCUT2D eigenvalue weighted by Gasteiger charge is -2.24. The van der Waals surface area contributed by atoms with E-state index in [-0.39, 0.29) is 11.3 Å². The molecule has 0 aliphatic carbocycles. The molecule has 1 N–H and O–H groups in total. The molecule has 1 unspecified atom stereocenters. The number of benzene rings is 1. The van der Waals surface area contributed by atoms with Crippen LogP contribution in [0.2, 0.25) is 0 Å². The Morgan fingerprint density at radius 1 is 1.40 bits per heavy atom. The molecule has 1 atom stereocenters. The highest BCUT2D eigenvalue weighted by molar-refractivity contribution is 5.40. The van der Waals surface area contributed by atoms with Gasteiger partial charge in [0.25, 0.3) is 5.92 Å². The first-order valence-electron chi connectivity index (χ1n) is 6.87. The second kappa shape index (κ2) is 6.04. The Labute approximate surface area is 117 Å². The summed E-state index contributed by atoms with van der Waals surface area (Å²) in [5.74, 6) is -3.35. The number of nitrogens with one attached hydrogen (secondary N) is 1. The zero-order chi connectivity index (χ0) is 14.8. The molecule has 1 aromatic rings. The molecule has 2 rings (SSSR count). The fraction of sp³-hybridized carbons (Fsp3) is 0.600. The fourth-order valence-electron chi connectivity index (χ4n) is 2.69. The van der Waals surface area contributed by atoms with Crippen molar-refractivity contribution in [1.82, 2.24) is 5.32 Å². The van der Waals surface area contributed by atoms with Gasteiger partial charge in [0.05, 0.1) is 7.11 Å². The summed E-state index contributed by atoms with van der Waals surface area (Å²) in [6.45, 7) is 2.59. The summed E-state index contributed by atoms with van der Waals surface area (Å²) in [4.78, 5) is 0. The molecule has 1 aromatic carbocycles. The lowest BCUT2D eigenvalue weighted by atomic mass is 9.90. The molecule has 1 aliphatic rings. The number of hydrogen-bond donors (Lipinski definition) is 1. The van der Waals surface area contributed by atoms with E-state index in [0.717, 1.165) is 38.9 Å². The van der Waals surface area contributed by atoms with Crippen LogP contribution in [-0.4, -0.2) is 20.2 Å². The highest BCUT2D eigenvalue weighted by Crippen LogP contribution is 2.34. The van der Waals surface area contributed by atoms with Crippen molar-refractivity contribution in [2.45, 2.75) is 32.1 Å². The summed E-state index contributed by atoms with van der Waals surface area (Å²) < 4.78 is 45.8. The SMILES string of the molecule is COc1c(F)cc(C(C)(F)F)cc1CC1CCCNC1. The topological polar surface area (TPSA) is 21.3 Å². The molecule has 0 bridgehead atoms. The standard InChI is InChI=1S/C15H20F3NO/c1-15(17,18)12-7-11(14(20-2)13(16)8-12)6-10-4-3-5-19-9-10/h7-8,10,19H,3-6,9H2,1-2H3. The summed E-state index contributed by atoms with van der Waals surface area (Å²) >= 11 is 0. The number of alkyl halides is 2. The first kappa shape index (κ1) is 15.2. The predicted octanol–water partition coefficient (Wildman–Crippen LogP) is 3.49. The van der Waals surface area contributed by atoms with Gasteiger partial charge in [-0.1, -0.05) is 0 Å². The Morgan fingerprint density at radius 2 is 2.15 bits per heavy atom. The van der Waals surface area contributed by atoms with Gasteiger partial charge >= 0.3 is 0 Å². The molecule has 1 saturated heterocycles. The van der Waals surface area contributed by atoms with Crippen molar-refractivity contribution in [3.05, 3.63) is 29.1 Å². The first-order chi connectivity index (χ1) is 9.41. The highest BCUT2D eigenvalue weighted by Gasteiger charge is 2.28. The van der Waals surface area contributed by atoms with Gasteiger partial charge in [0.2, 0.25) is 0 Å². The van der Waals surface area contributed by atoms with Gasteiger partial charge in [0.15, 0.2) is 11.6 Å². The number of rotatable bonds is 4. The molecule has 0 radical (unpaired) electrons. The van der Waals surface area contributed by atoms with Gasteiger partial charge in [0.1, 0.15) is 0 Å². The summed E-state index contributed by atoms with van der Waals surface area (Å²) in [6, 6.07) is 2.23. The van der Waals surface area contributed by atoms with Crippen molar-refractivity contribution in [1.29, 1.82) is 0 Å². The van der Waals surface area contributed by atoms with Crippen molar-refractivity contribution in [3.63, 3.8) is 0 Å². The smallest absolute Gasteiger partial charge is 0.270 e. The minimum absolute atomic E-state index is 0.0866. The quantitative estimate of drug-likeness (QED) is 0.915. The zero-order valence-electron chi connectivity index (χ0n) is 11.8. The third-order valence-corrected chi connectivity index (χ3v) is 3.74. The molecule has 0 aromatic heterocycles. The van der Waals surface area contributed by atoms with E-state index >= 15 is 0 Å². The van der Waals surface area contributed by atoms with Crippen LogP contribution in [0.3, 0.4) is 0 Å². The van der Waals surface area contributed by atoms with E-state index in [1.807, 2.05) is 0 Å². The summed E-state index contributed by atoms with van der Waals surface area (Å²) in [7, 11) is 1.37. The minimum atomic E-state index is -3.05. The normalized spacial score (nSPS) is 19.9. The van der Waals surface area contributed by atoms with Crippen LogP contribution in [0.25, 0.3) is 0 Å². The molecule has 112 valence electrons. The molecule has 0 saturated carbocycles. The molecular formula is C15H20F3NO. The third kappa shape index (κ3) is 3.45. The monoisotopic (exact) mass is 287 g/mol. The van der Waals surface area contributed by atoms with E-state index in [1.165, 1.54) is 13.2 Å². The molecule has 0 spiro atoms. The van der Waals surface area contributed by atoms with Crippen LogP contribution in [0.15, 0.2) is 12.1 Å². The van der Waals surface area contributed by atoms with Crippen molar-refractivity contribution in [2.75, 3.05) is 20.2 Å². The largest absolute Gasteiger partial charge is 0.493 e. The average molecular weight is 287 g/mol. The summed E-state index contributed by atoms with van der Waals surface area (Å²) in [5.41, 5.74) is 0.229. The van der Waals surface area contributed by atoms with Gasteiger partial charge in [-0.3, -0.25) is 0 Å². The van der Waals surface area contributed by atoms with Crippen LogP contribution in [0.1, 0.15) is 30.9 Å². The summed E-state index contributed by atoms with van der Waals surface area (Å²) in [6.07, 6.45) is 2.63. The maximum absolute atomic E-state index is 13.9. The number of methoxy groups -OCH3 is 1. The van der Waals surface area contributed by atoms with Crippen molar-refractivity contribution in [3.8, 4) is 5.75 Å². The highest BCUT2D eigenvalue weighted by atomic mass is 19.3.